The number of alkyl halides is 3. The number of aromatic nitrogens is 2. The average molecular weight is 513 g/mol. The Morgan fingerprint density at radius 3 is 2.36 bits per heavy atom. The summed E-state index contributed by atoms with van der Waals surface area (Å²) < 4.78 is 80.7. The Hall–Kier alpha value is -2.71. The Bertz CT molecular complexity index is 1330. The Morgan fingerprint density at radius 1 is 1.18 bits per heavy atom. The zero-order chi connectivity index (χ0) is 24.7. The maximum Gasteiger partial charge on any atom is 0.431 e. The number of hydrogen-bond donors (Lipinski definition) is 2. The number of carbonyl (C=O) groups is 1. The van der Waals surface area contributed by atoms with Gasteiger partial charge in [0.1, 0.15) is 11.5 Å². The first kappa shape index (κ1) is 24.9. The highest BCUT2D eigenvalue weighted by molar-refractivity contribution is 7.90. The minimum absolute atomic E-state index is 0.0823. The predicted molar refractivity (Wildman–Crippen MR) is 110 cm³/mol. The molecule has 1 fully saturated rings. The molecular formula is C18H17ClF4N4O5S. The van der Waals surface area contributed by atoms with Crippen LogP contribution in [0, 0.1) is 5.82 Å². The highest BCUT2D eigenvalue weighted by Gasteiger charge is 2.35. The average Bonchev–Trinajstić information content (AvgIpc) is 2.71. The summed E-state index contributed by atoms with van der Waals surface area (Å²) in [5, 5.41) is 1.56. The van der Waals surface area contributed by atoms with Crippen LogP contribution < -0.4 is 21.3 Å². The molecule has 1 aromatic carbocycles. The number of amides is 1. The van der Waals surface area contributed by atoms with Crippen LogP contribution in [-0.4, -0.2) is 41.8 Å². The van der Waals surface area contributed by atoms with Crippen molar-refractivity contribution in [3.63, 3.8) is 0 Å². The third kappa shape index (κ3) is 4.96. The first-order valence-electron chi connectivity index (χ1n) is 9.40. The lowest BCUT2D eigenvalue weighted by Gasteiger charge is -2.23. The molecule has 3 rings (SSSR count). The molecule has 0 aliphatic carbocycles. The number of carbonyl (C=O) groups excluding carboxylic acids is 1. The number of nitrogens with zero attached hydrogens (tertiary/aromatic N) is 2. The van der Waals surface area contributed by atoms with Gasteiger partial charge in [0, 0.05) is 13.1 Å². The van der Waals surface area contributed by atoms with Crippen molar-refractivity contribution < 1.29 is 30.8 Å². The fourth-order valence-corrected chi connectivity index (χ4v) is 5.00. The van der Waals surface area contributed by atoms with E-state index < -0.39 is 66.4 Å². The summed E-state index contributed by atoms with van der Waals surface area (Å²) in [7, 11) is -3.40. The van der Waals surface area contributed by atoms with Crippen LogP contribution in [0.3, 0.4) is 0 Å². The molecular weight excluding hydrogens is 496 g/mol. The second-order valence-corrected chi connectivity index (χ2v) is 9.62. The van der Waals surface area contributed by atoms with Crippen LogP contribution in [0.2, 0.25) is 5.02 Å². The second-order valence-electron chi connectivity index (χ2n) is 7.25. The third-order valence-corrected chi connectivity index (χ3v) is 7.22. The molecule has 1 aromatic heterocycles. The van der Waals surface area contributed by atoms with Crippen molar-refractivity contribution in [2.45, 2.75) is 24.3 Å². The van der Waals surface area contributed by atoms with Crippen LogP contribution in [0.1, 0.15) is 28.9 Å². The normalized spacial score (nSPS) is 15.5. The van der Waals surface area contributed by atoms with Crippen molar-refractivity contribution in [3.8, 4) is 5.69 Å². The highest BCUT2D eigenvalue weighted by atomic mass is 35.5. The summed E-state index contributed by atoms with van der Waals surface area (Å²) in [6.45, 7) is 0.836. The lowest BCUT2D eigenvalue weighted by molar-refractivity contribution is -0.144. The molecule has 180 valence electrons. The summed E-state index contributed by atoms with van der Waals surface area (Å²) in [6, 6.07) is 1.27. The van der Waals surface area contributed by atoms with Crippen molar-refractivity contribution in [3.05, 3.63) is 61.1 Å². The van der Waals surface area contributed by atoms with Gasteiger partial charge in [-0.3, -0.25) is 14.2 Å². The summed E-state index contributed by atoms with van der Waals surface area (Å²) in [5.41, 5.74) is -6.08. The van der Waals surface area contributed by atoms with Crippen LogP contribution in [0.4, 0.5) is 17.6 Å². The van der Waals surface area contributed by atoms with E-state index in [0.29, 0.717) is 25.2 Å². The van der Waals surface area contributed by atoms with Crippen LogP contribution in [0.15, 0.2) is 27.8 Å². The number of sulfonamides is 1. The zero-order valence-corrected chi connectivity index (χ0v) is 18.4. The van der Waals surface area contributed by atoms with Gasteiger partial charge in [-0.15, -0.1) is 0 Å². The van der Waals surface area contributed by atoms with Gasteiger partial charge in [0.05, 0.1) is 21.5 Å². The van der Waals surface area contributed by atoms with Crippen molar-refractivity contribution >= 4 is 27.5 Å². The van der Waals surface area contributed by atoms with E-state index in [1.54, 1.807) is 0 Å². The van der Waals surface area contributed by atoms with Gasteiger partial charge in [-0.2, -0.15) is 13.2 Å². The van der Waals surface area contributed by atoms with Gasteiger partial charge < -0.3 is 5.32 Å². The molecule has 0 radical (unpaired) electrons. The SMILES string of the molecule is Cn1c(C(F)(F)F)cc(=O)n(-c2cc(C(=O)NS(=O)(=O)C3CCNCC3)c(Cl)cc2F)c1=O. The van der Waals surface area contributed by atoms with Gasteiger partial charge in [0.15, 0.2) is 0 Å². The predicted octanol–water partition coefficient (Wildman–Crippen LogP) is 1.16. The van der Waals surface area contributed by atoms with Gasteiger partial charge in [0.25, 0.3) is 11.5 Å². The van der Waals surface area contributed by atoms with Crippen LogP contribution in [0.25, 0.3) is 5.69 Å². The number of benzene rings is 1. The van der Waals surface area contributed by atoms with E-state index in [-0.39, 0.29) is 28.0 Å². The topological polar surface area (TPSA) is 119 Å². The molecule has 0 unspecified atom stereocenters. The molecule has 0 saturated carbocycles. The molecule has 33 heavy (non-hydrogen) atoms. The van der Waals surface area contributed by atoms with Crippen LogP contribution in [0.5, 0.6) is 0 Å². The lowest BCUT2D eigenvalue weighted by Crippen LogP contribution is -2.44. The van der Waals surface area contributed by atoms with Gasteiger partial charge in [0.2, 0.25) is 10.0 Å². The van der Waals surface area contributed by atoms with Crippen molar-refractivity contribution in [2.24, 2.45) is 7.05 Å². The van der Waals surface area contributed by atoms with Crippen molar-refractivity contribution in [1.29, 1.82) is 0 Å². The standard InChI is InChI=1S/C18H17ClF4N4O5S/c1-26-14(18(21,22)23)8-15(28)27(17(26)30)13-6-10(11(19)7-12(13)20)16(29)25-33(31,32)9-2-4-24-5-3-9/h6-9,24H,2-5H2,1H3,(H,25,29). The summed E-state index contributed by atoms with van der Waals surface area (Å²) in [4.78, 5) is 37.3. The molecule has 2 aromatic rings. The first-order valence-corrected chi connectivity index (χ1v) is 11.3. The molecule has 1 amide bonds. The van der Waals surface area contributed by atoms with E-state index in [0.717, 1.165) is 7.05 Å². The molecule has 0 bridgehead atoms. The van der Waals surface area contributed by atoms with E-state index in [1.807, 2.05) is 4.72 Å². The van der Waals surface area contributed by atoms with E-state index >= 15 is 0 Å². The number of halogens is 5. The Labute approximate surface area is 189 Å². The summed E-state index contributed by atoms with van der Waals surface area (Å²) in [5.74, 6) is -2.55. The molecule has 2 N–H and O–H groups in total. The quantitative estimate of drug-likeness (QED) is 0.593. The summed E-state index contributed by atoms with van der Waals surface area (Å²) >= 11 is 5.87. The molecule has 9 nitrogen and oxygen atoms in total. The number of nitrogens with one attached hydrogen (secondary N) is 2. The maximum absolute atomic E-state index is 14.6. The second kappa shape index (κ2) is 8.91. The largest absolute Gasteiger partial charge is 0.431 e. The first-order chi connectivity index (χ1) is 15.2. The zero-order valence-electron chi connectivity index (χ0n) is 16.9. The van der Waals surface area contributed by atoms with E-state index in [4.69, 9.17) is 11.6 Å². The smallest absolute Gasteiger partial charge is 0.317 e. The fourth-order valence-electron chi connectivity index (χ4n) is 3.38. The van der Waals surface area contributed by atoms with Gasteiger partial charge in [-0.05, 0) is 38.1 Å². The van der Waals surface area contributed by atoms with E-state index in [9.17, 15) is 40.4 Å². The lowest BCUT2D eigenvalue weighted by atomic mass is 10.1. The molecule has 2 heterocycles. The van der Waals surface area contributed by atoms with Crippen LogP contribution >= 0.6 is 11.6 Å². The molecule has 0 atom stereocenters. The monoisotopic (exact) mass is 512 g/mol. The van der Waals surface area contributed by atoms with Crippen LogP contribution in [-0.2, 0) is 23.2 Å². The Kier molecular flexibility index (Phi) is 6.73. The Balaban J connectivity index is 2.08. The van der Waals surface area contributed by atoms with Gasteiger partial charge in [-0.25, -0.2) is 26.9 Å². The van der Waals surface area contributed by atoms with Crippen molar-refractivity contribution in [1.82, 2.24) is 19.2 Å². The molecule has 1 aliphatic heterocycles. The number of piperidine rings is 1. The van der Waals surface area contributed by atoms with Crippen molar-refractivity contribution in [2.75, 3.05) is 13.1 Å². The molecule has 0 spiro atoms. The molecule has 15 heteroatoms. The minimum atomic E-state index is -5.03. The maximum atomic E-state index is 14.6. The van der Waals surface area contributed by atoms with E-state index in [2.05, 4.69) is 5.32 Å². The highest BCUT2D eigenvalue weighted by Crippen LogP contribution is 2.27. The van der Waals surface area contributed by atoms with Gasteiger partial charge in [-0.1, -0.05) is 11.6 Å². The number of rotatable bonds is 4. The number of hydrogen-bond acceptors (Lipinski definition) is 6. The molecule has 1 saturated heterocycles. The summed E-state index contributed by atoms with van der Waals surface area (Å²) in [6.07, 6.45) is -4.55. The third-order valence-electron chi connectivity index (χ3n) is 5.09. The van der Waals surface area contributed by atoms with Gasteiger partial charge >= 0.3 is 11.9 Å². The fraction of sp³-hybridized carbons (Fsp3) is 0.389. The Morgan fingerprint density at radius 2 is 1.79 bits per heavy atom. The minimum Gasteiger partial charge on any atom is -0.317 e. The molecule has 1 aliphatic rings. The van der Waals surface area contributed by atoms with E-state index in [1.165, 1.54) is 0 Å².